The highest BCUT2D eigenvalue weighted by atomic mass is 19.1. The standard InChI is InChI=1S/C13H15FN2O2/c1-15-6-7-16(9-13(15)18)12(17)8-10-4-2-3-5-11(10)14/h2-5H,6-9H2,1H3. The molecule has 0 spiro atoms. The van der Waals surface area contributed by atoms with Crippen LogP contribution in [-0.4, -0.2) is 48.3 Å². The van der Waals surface area contributed by atoms with Crippen LogP contribution in [0.2, 0.25) is 0 Å². The summed E-state index contributed by atoms with van der Waals surface area (Å²) in [5.74, 6) is -0.670. The molecule has 1 fully saturated rings. The summed E-state index contributed by atoms with van der Waals surface area (Å²) in [6, 6.07) is 6.20. The molecule has 0 N–H and O–H groups in total. The molecule has 2 rings (SSSR count). The summed E-state index contributed by atoms with van der Waals surface area (Å²) in [6.07, 6.45) is 0.00364. The number of piperazine rings is 1. The SMILES string of the molecule is CN1CCN(C(=O)Cc2ccccc2F)CC1=O. The van der Waals surface area contributed by atoms with Crippen molar-refractivity contribution in [3.05, 3.63) is 35.6 Å². The van der Waals surface area contributed by atoms with E-state index in [1.54, 1.807) is 30.1 Å². The first-order chi connectivity index (χ1) is 8.58. The Morgan fingerprint density at radius 2 is 2.06 bits per heavy atom. The molecule has 0 saturated carbocycles. The van der Waals surface area contributed by atoms with Crippen molar-refractivity contribution in [3.63, 3.8) is 0 Å². The molecule has 1 saturated heterocycles. The zero-order chi connectivity index (χ0) is 13.1. The molecule has 0 bridgehead atoms. The molecule has 0 aromatic heterocycles. The average molecular weight is 250 g/mol. The molecule has 1 aromatic carbocycles. The highest BCUT2D eigenvalue weighted by Gasteiger charge is 2.25. The van der Waals surface area contributed by atoms with E-state index >= 15 is 0 Å². The van der Waals surface area contributed by atoms with E-state index in [2.05, 4.69) is 0 Å². The number of nitrogens with zero attached hydrogens (tertiary/aromatic N) is 2. The van der Waals surface area contributed by atoms with Crippen LogP contribution < -0.4 is 0 Å². The van der Waals surface area contributed by atoms with Gasteiger partial charge in [0.25, 0.3) is 0 Å². The summed E-state index contributed by atoms with van der Waals surface area (Å²) >= 11 is 0. The number of amides is 2. The maximum atomic E-state index is 13.4. The van der Waals surface area contributed by atoms with Crippen molar-refractivity contribution in [2.75, 3.05) is 26.7 Å². The molecule has 1 aromatic rings. The second-order valence-corrected chi connectivity index (χ2v) is 4.40. The van der Waals surface area contributed by atoms with Crippen LogP contribution in [0.1, 0.15) is 5.56 Å². The van der Waals surface area contributed by atoms with Crippen molar-refractivity contribution in [1.82, 2.24) is 9.80 Å². The molecule has 4 nitrogen and oxygen atoms in total. The van der Waals surface area contributed by atoms with Crippen molar-refractivity contribution in [1.29, 1.82) is 0 Å². The van der Waals surface area contributed by atoms with E-state index in [0.717, 1.165) is 0 Å². The number of hydrogen-bond acceptors (Lipinski definition) is 2. The van der Waals surface area contributed by atoms with Crippen molar-refractivity contribution < 1.29 is 14.0 Å². The minimum Gasteiger partial charge on any atom is -0.342 e. The zero-order valence-electron chi connectivity index (χ0n) is 10.2. The minimum atomic E-state index is -0.383. The Labute approximate surface area is 105 Å². The summed E-state index contributed by atoms with van der Waals surface area (Å²) in [5.41, 5.74) is 0.369. The number of hydrogen-bond donors (Lipinski definition) is 0. The van der Waals surface area contributed by atoms with Crippen LogP contribution >= 0.6 is 0 Å². The van der Waals surface area contributed by atoms with Crippen molar-refractivity contribution >= 4 is 11.8 Å². The summed E-state index contributed by atoms with van der Waals surface area (Å²) in [7, 11) is 1.71. The van der Waals surface area contributed by atoms with Gasteiger partial charge in [0.15, 0.2) is 0 Å². The third kappa shape index (κ3) is 2.67. The summed E-state index contributed by atoms with van der Waals surface area (Å²) in [6.45, 7) is 1.13. The fourth-order valence-electron chi connectivity index (χ4n) is 1.89. The van der Waals surface area contributed by atoms with E-state index in [4.69, 9.17) is 0 Å². The van der Waals surface area contributed by atoms with Gasteiger partial charge < -0.3 is 9.80 Å². The Morgan fingerprint density at radius 1 is 1.33 bits per heavy atom. The van der Waals surface area contributed by atoms with Crippen LogP contribution in [0.25, 0.3) is 0 Å². The molecule has 0 aliphatic carbocycles. The minimum absolute atomic E-state index is 0.00364. The molecule has 2 amide bonds. The molecule has 96 valence electrons. The van der Waals surface area contributed by atoms with Crippen LogP contribution in [0.4, 0.5) is 4.39 Å². The second-order valence-electron chi connectivity index (χ2n) is 4.40. The van der Waals surface area contributed by atoms with Gasteiger partial charge in [-0.05, 0) is 11.6 Å². The molecule has 0 radical (unpaired) electrons. The maximum Gasteiger partial charge on any atom is 0.241 e. The molecule has 1 heterocycles. The highest BCUT2D eigenvalue weighted by Crippen LogP contribution is 2.10. The van der Waals surface area contributed by atoms with E-state index in [-0.39, 0.29) is 30.6 Å². The molecule has 5 heteroatoms. The number of likely N-dealkylation sites (N-methyl/N-ethyl adjacent to an activating group) is 1. The van der Waals surface area contributed by atoms with Gasteiger partial charge in [0.1, 0.15) is 5.82 Å². The summed E-state index contributed by atoms with van der Waals surface area (Å²) < 4.78 is 13.4. The van der Waals surface area contributed by atoms with E-state index < -0.39 is 0 Å². The van der Waals surface area contributed by atoms with Gasteiger partial charge in [0, 0.05) is 20.1 Å². The predicted molar refractivity (Wildman–Crippen MR) is 64.3 cm³/mol. The summed E-state index contributed by atoms with van der Waals surface area (Å²) in [4.78, 5) is 26.5. The van der Waals surface area contributed by atoms with Gasteiger partial charge in [-0.15, -0.1) is 0 Å². The number of rotatable bonds is 2. The van der Waals surface area contributed by atoms with E-state index in [9.17, 15) is 14.0 Å². The number of benzene rings is 1. The molecule has 0 atom stereocenters. The first-order valence-electron chi connectivity index (χ1n) is 5.83. The van der Waals surface area contributed by atoms with Gasteiger partial charge in [-0.3, -0.25) is 9.59 Å². The van der Waals surface area contributed by atoms with Gasteiger partial charge in [-0.1, -0.05) is 18.2 Å². The van der Waals surface area contributed by atoms with E-state index in [0.29, 0.717) is 18.7 Å². The van der Waals surface area contributed by atoms with Crippen LogP contribution in [0.5, 0.6) is 0 Å². The van der Waals surface area contributed by atoms with Crippen LogP contribution in [0.3, 0.4) is 0 Å². The third-order valence-corrected chi connectivity index (χ3v) is 3.11. The van der Waals surface area contributed by atoms with Crippen LogP contribution in [0.15, 0.2) is 24.3 Å². The maximum absolute atomic E-state index is 13.4. The van der Waals surface area contributed by atoms with Gasteiger partial charge in [0.2, 0.25) is 11.8 Å². The van der Waals surface area contributed by atoms with Crippen LogP contribution in [0, 0.1) is 5.82 Å². The average Bonchev–Trinajstić information content (AvgIpc) is 2.35. The normalized spacial score (nSPS) is 16.0. The molecule has 1 aliphatic heterocycles. The fourth-order valence-corrected chi connectivity index (χ4v) is 1.89. The lowest BCUT2D eigenvalue weighted by Crippen LogP contribution is -2.51. The summed E-state index contributed by atoms with van der Waals surface area (Å²) in [5, 5.41) is 0. The topological polar surface area (TPSA) is 40.6 Å². The van der Waals surface area contributed by atoms with Crippen molar-refractivity contribution in [3.8, 4) is 0 Å². The third-order valence-electron chi connectivity index (χ3n) is 3.11. The Morgan fingerprint density at radius 3 is 2.72 bits per heavy atom. The molecule has 18 heavy (non-hydrogen) atoms. The Balaban J connectivity index is 2.01. The lowest BCUT2D eigenvalue weighted by atomic mass is 10.1. The van der Waals surface area contributed by atoms with Gasteiger partial charge >= 0.3 is 0 Å². The predicted octanol–water partition coefficient (Wildman–Crippen LogP) is 0.669. The van der Waals surface area contributed by atoms with Crippen molar-refractivity contribution in [2.45, 2.75) is 6.42 Å². The van der Waals surface area contributed by atoms with Gasteiger partial charge in [-0.25, -0.2) is 4.39 Å². The highest BCUT2D eigenvalue weighted by molar-refractivity contribution is 5.86. The lowest BCUT2D eigenvalue weighted by Gasteiger charge is -2.32. The Bertz CT molecular complexity index is 476. The Hall–Kier alpha value is -1.91. The van der Waals surface area contributed by atoms with E-state index in [1.165, 1.54) is 11.0 Å². The van der Waals surface area contributed by atoms with Gasteiger partial charge in [0.05, 0.1) is 13.0 Å². The van der Waals surface area contributed by atoms with Gasteiger partial charge in [-0.2, -0.15) is 0 Å². The zero-order valence-corrected chi connectivity index (χ0v) is 10.2. The Kier molecular flexibility index (Phi) is 3.60. The largest absolute Gasteiger partial charge is 0.342 e. The number of carbonyl (C=O) groups excluding carboxylic acids is 2. The number of halogens is 1. The lowest BCUT2D eigenvalue weighted by molar-refractivity contribution is -0.143. The number of carbonyl (C=O) groups is 2. The van der Waals surface area contributed by atoms with Crippen molar-refractivity contribution in [2.24, 2.45) is 0 Å². The monoisotopic (exact) mass is 250 g/mol. The fraction of sp³-hybridized carbons (Fsp3) is 0.385. The molecular formula is C13H15FN2O2. The molecule has 0 unspecified atom stereocenters. The molecular weight excluding hydrogens is 235 g/mol. The van der Waals surface area contributed by atoms with Crippen LogP contribution in [-0.2, 0) is 16.0 Å². The molecule has 1 aliphatic rings. The first-order valence-corrected chi connectivity index (χ1v) is 5.83. The quantitative estimate of drug-likeness (QED) is 0.774. The first kappa shape index (κ1) is 12.5. The smallest absolute Gasteiger partial charge is 0.241 e. The second kappa shape index (κ2) is 5.16. The van der Waals surface area contributed by atoms with E-state index in [1.807, 2.05) is 0 Å².